The second-order valence-electron chi connectivity index (χ2n) is 7.94. The summed E-state index contributed by atoms with van der Waals surface area (Å²) in [4.78, 5) is 39.6. The van der Waals surface area contributed by atoms with Crippen LogP contribution in [-0.2, 0) is 14.3 Å². The third kappa shape index (κ3) is 5.49. The molecular formula is C24H29N3O4. The van der Waals surface area contributed by atoms with Crippen LogP contribution in [-0.4, -0.2) is 44.5 Å². The van der Waals surface area contributed by atoms with Gasteiger partial charge in [-0.2, -0.15) is 0 Å². The highest BCUT2D eigenvalue weighted by Gasteiger charge is 2.35. The van der Waals surface area contributed by atoms with Crippen molar-refractivity contribution < 1.29 is 19.1 Å². The molecule has 31 heavy (non-hydrogen) atoms. The summed E-state index contributed by atoms with van der Waals surface area (Å²) in [6, 6.07) is 14.7. The smallest absolute Gasteiger partial charge is 0.253 e. The molecule has 2 N–H and O–H groups in total. The Balaban J connectivity index is 1.69. The van der Waals surface area contributed by atoms with E-state index in [4.69, 9.17) is 4.74 Å². The molecule has 0 spiro atoms. The first-order valence-electron chi connectivity index (χ1n) is 10.5. The van der Waals surface area contributed by atoms with Gasteiger partial charge in [0.25, 0.3) is 5.91 Å². The average molecular weight is 424 g/mol. The second kappa shape index (κ2) is 10.2. The normalized spacial score (nSPS) is 15.9. The van der Waals surface area contributed by atoms with Crippen molar-refractivity contribution in [1.82, 2.24) is 5.32 Å². The minimum Gasteiger partial charge on any atom is -0.383 e. The van der Waals surface area contributed by atoms with Gasteiger partial charge in [0.2, 0.25) is 11.8 Å². The molecule has 7 nitrogen and oxygen atoms in total. The maximum Gasteiger partial charge on any atom is 0.253 e. The van der Waals surface area contributed by atoms with E-state index in [1.807, 2.05) is 24.3 Å². The fourth-order valence-corrected chi connectivity index (χ4v) is 3.57. The molecule has 164 valence electrons. The first-order valence-corrected chi connectivity index (χ1v) is 10.5. The van der Waals surface area contributed by atoms with Crippen molar-refractivity contribution in [2.45, 2.75) is 26.2 Å². The number of benzene rings is 2. The summed E-state index contributed by atoms with van der Waals surface area (Å²) in [5, 5.41) is 5.59. The van der Waals surface area contributed by atoms with Crippen LogP contribution in [0.1, 0.15) is 42.1 Å². The zero-order chi connectivity index (χ0) is 22.4. The van der Waals surface area contributed by atoms with Gasteiger partial charge < -0.3 is 20.3 Å². The lowest BCUT2D eigenvalue weighted by atomic mass is 10.0. The van der Waals surface area contributed by atoms with E-state index in [2.05, 4.69) is 24.5 Å². The monoisotopic (exact) mass is 423 g/mol. The molecule has 1 heterocycles. The molecule has 0 saturated carbocycles. The highest BCUT2D eigenvalue weighted by Crippen LogP contribution is 2.29. The summed E-state index contributed by atoms with van der Waals surface area (Å²) in [6.45, 7) is 5.29. The molecule has 2 aromatic rings. The van der Waals surface area contributed by atoms with Crippen molar-refractivity contribution in [1.29, 1.82) is 0 Å². The lowest BCUT2D eigenvalue weighted by Crippen LogP contribution is -2.30. The van der Waals surface area contributed by atoms with E-state index >= 15 is 0 Å². The Labute approximate surface area is 182 Å². The van der Waals surface area contributed by atoms with Gasteiger partial charge in [-0.05, 0) is 35.7 Å². The van der Waals surface area contributed by atoms with E-state index in [-0.39, 0.29) is 24.1 Å². The van der Waals surface area contributed by atoms with Crippen LogP contribution in [0, 0.1) is 5.92 Å². The Morgan fingerprint density at radius 1 is 1.16 bits per heavy atom. The van der Waals surface area contributed by atoms with E-state index < -0.39 is 5.92 Å². The topological polar surface area (TPSA) is 87.7 Å². The first-order chi connectivity index (χ1) is 14.9. The molecule has 0 aliphatic carbocycles. The molecule has 0 unspecified atom stereocenters. The number of ether oxygens (including phenoxy) is 1. The summed E-state index contributed by atoms with van der Waals surface area (Å²) < 4.78 is 4.95. The minimum absolute atomic E-state index is 0.0772. The molecule has 0 radical (unpaired) electrons. The molecule has 1 aliphatic rings. The van der Waals surface area contributed by atoms with Gasteiger partial charge in [-0.15, -0.1) is 0 Å². The number of hydrogen-bond donors (Lipinski definition) is 2. The van der Waals surface area contributed by atoms with Gasteiger partial charge in [0.15, 0.2) is 0 Å². The number of para-hydroxylation sites is 1. The molecule has 0 bridgehead atoms. The van der Waals surface area contributed by atoms with Crippen LogP contribution < -0.4 is 15.5 Å². The number of anilines is 2. The summed E-state index contributed by atoms with van der Waals surface area (Å²) >= 11 is 0. The fraction of sp³-hybridized carbons (Fsp3) is 0.375. The van der Waals surface area contributed by atoms with E-state index in [0.29, 0.717) is 36.9 Å². The van der Waals surface area contributed by atoms with Crippen LogP contribution in [0.25, 0.3) is 0 Å². The van der Waals surface area contributed by atoms with Crippen molar-refractivity contribution >= 4 is 29.1 Å². The number of nitrogens with zero attached hydrogens (tertiary/aromatic N) is 1. The van der Waals surface area contributed by atoms with Crippen LogP contribution >= 0.6 is 0 Å². The maximum atomic E-state index is 12.9. The number of carbonyl (C=O) groups is 3. The van der Waals surface area contributed by atoms with E-state index in [0.717, 1.165) is 11.3 Å². The van der Waals surface area contributed by atoms with Crippen molar-refractivity contribution in [3.63, 3.8) is 0 Å². The maximum absolute atomic E-state index is 12.9. The van der Waals surface area contributed by atoms with Crippen molar-refractivity contribution in [3.05, 3.63) is 59.7 Å². The number of amides is 3. The summed E-state index contributed by atoms with van der Waals surface area (Å²) in [5.41, 5.74) is 2.75. The molecule has 3 amide bonds. The highest BCUT2D eigenvalue weighted by atomic mass is 16.5. The summed E-state index contributed by atoms with van der Waals surface area (Å²) in [7, 11) is 1.56. The Kier molecular flexibility index (Phi) is 7.41. The Morgan fingerprint density at radius 2 is 1.94 bits per heavy atom. The number of rotatable bonds is 8. The number of carbonyl (C=O) groups excluding carboxylic acids is 3. The van der Waals surface area contributed by atoms with Gasteiger partial charge in [0.05, 0.1) is 23.8 Å². The SMILES string of the molecule is COCCNC(=O)c1ccccc1NC(=O)[C@H]1CC(=O)N(c2cccc(C(C)C)c2)C1. The van der Waals surface area contributed by atoms with Gasteiger partial charge in [-0.3, -0.25) is 14.4 Å². The van der Waals surface area contributed by atoms with Crippen LogP contribution in [0.2, 0.25) is 0 Å². The molecule has 1 atom stereocenters. The number of hydrogen-bond acceptors (Lipinski definition) is 4. The lowest BCUT2D eigenvalue weighted by molar-refractivity contribution is -0.122. The van der Waals surface area contributed by atoms with Crippen molar-refractivity contribution in [2.24, 2.45) is 5.92 Å². The highest BCUT2D eigenvalue weighted by molar-refractivity contribution is 6.07. The molecule has 1 fully saturated rings. The summed E-state index contributed by atoms with van der Waals surface area (Å²) in [6.07, 6.45) is 0.139. The van der Waals surface area contributed by atoms with Crippen LogP contribution in [0.4, 0.5) is 11.4 Å². The molecule has 1 aliphatic heterocycles. The zero-order valence-corrected chi connectivity index (χ0v) is 18.2. The van der Waals surface area contributed by atoms with Crippen molar-refractivity contribution in [3.8, 4) is 0 Å². The minimum atomic E-state index is -0.486. The second-order valence-corrected chi connectivity index (χ2v) is 7.94. The Morgan fingerprint density at radius 3 is 2.68 bits per heavy atom. The number of methoxy groups -OCH3 is 1. The average Bonchev–Trinajstić information content (AvgIpc) is 3.16. The predicted octanol–water partition coefficient (Wildman–Crippen LogP) is 3.18. The van der Waals surface area contributed by atoms with Gasteiger partial charge in [-0.25, -0.2) is 0 Å². The van der Waals surface area contributed by atoms with Crippen LogP contribution in [0.5, 0.6) is 0 Å². The third-order valence-electron chi connectivity index (χ3n) is 5.37. The Hall–Kier alpha value is -3.19. The van der Waals surface area contributed by atoms with E-state index in [1.54, 1.807) is 36.3 Å². The molecule has 3 rings (SSSR count). The summed E-state index contributed by atoms with van der Waals surface area (Å²) in [5.74, 6) is -0.773. The van der Waals surface area contributed by atoms with Gasteiger partial charge in [-0.1, -0.05) is 38.1 Å². The van der Waals surface area contributed by atoms with Gasteiger partial charge >= 0.3 is 0 Å². The van der Waals surface area contributed by atoms with Gasteiger partial charge in [0, 0.05) is 32.3 Å². The quantitative estimate of drug-likeness (QED) is 0.639. The molecule has 0 aromatic heterocycles. The van der Waals surface area contributed by atoms with E-state index in [1.165, 1.54) is 0 Å². The van der Waals surface area contributed by atoms with Crippen molar-refractivity contribution in [2.75, 3.05) is 37.0 Å². The van der Waals surface area contributed by atoms with E-state index in [9.17, 15) is 14.4 Å². The third-order valence-corrected chi connectivity index (χ3v) is 5.37. The molecular weight excluding hydrogens is 394 g/mol. The standard InChI is InChI=1S/C24H29N3O4/c1-16(2)17-7-6-8-19(13-17)27-15-18(14-22(27)28)23(29)26-21-10-5-4-9-20(21)24(30)25-11-12-31-3/h4-10,13,16,18H,11-12,14-15H2,1-3H3,(H,25,30)(H,26,29)/t18-/m0/s1. The predicted molar refractivity (Wildman–Crippen MR) is 120 cm³/mol. The largest absolute Gasteiger partial charge is 0.383 e. The zero-order valence-electron chi connectivity index (χ0n) is 18.2. The van der Waals surface area contributed by atoms with Crippen LogP contribution in [0.15, 0.2) is 48.5 Å². The molecule has 7 heteroatoms. The Bertz CT molecular complexity index is 957. The number of nitrogens with one attached hydrogen (secondary N) is 2. The first kappa shape index (κ1) is 22.5. The molecule has 2 aromatic carbocycles. The van der Waals surface area contributed by atoms with Gasteiger partial charge in [0.1, 0.15) is 0 Å². The fourth-order valence-electron chi connectivity index (χ4n) is 3.57. The molecule has 1 saturated heterocycles. The lowest BCUT2D eigenvalue weighted by Gasteiger charge is -2.19. The van der Waals surface area contributed by atoms with Crippen LogP contribution in [0.3, 0.4) is 0 Å².